The number of alkyl halides is 2. The average Bonchev–Trinajstić information content (AvgIpc) is 2.93. The minimum Gasteiger partial charge on any atom is -0.350 e. The average molecular weight is 535 g/mol. The molecule has 0 radical (unpaired) electrons. The molecule has 1 saturated heterocycles. The molecular weight excluding hydrogens is 506 g/mol. The van der Waals surface area contributed by atoms with E-state index >= 15 is 0 Å². The van der Waals surface area contributed by atoms with Crippen molar-refractivity contribution in [3.05, 3.63) is 77.6 Å². The Morgan fingerprint density at radius 1 is 1.16 bits per heavy atom. The standard InChI is InChI=1S/C28H28F2N6OS/c1-17-6-7-18(12-24(17)38-2)27(37)33-15-20-13-23-19(14-32-20)8-9-22(34-23)21-4-3-5-26(35-21)36-11-10-25(31)28(29,30)16-36/h3-9,12-14,25H,10-11,15-16,31H2,1-2H3,(H,33,37). The van der Waals surface area contributed by atoms with Crippen LogP contribution in [0.2, 0.25) is 0 Å². The monoisotopic (exact) mass is 534 g/mol. The first-order valence-electron chi connectivity index (χ1n) is 12.3. The lowest BCUT2D eigenvalue weighted by atomic mass is 10.0. The second-order valence-electron chi connectivity index (χ2n) is 9.39. The Labute approximate surface area is 223 Å². The molecule has 3 aromatic heterocycles. The van der Waals surface area contributed by atoms with Gasteiger partial charge in [-0.1, -0.05) is 12.1 Å². The number of nitrogens with one attached hydrogen (secondary N) is 1. The molecule has 1 aliphatic rings. The third kappa shape index (κ3) is 5.46. The number of anilines is 1. The minimum atomic E-state index is -2.97. The normalized spacial score (nSPS) is 17.0. The van der Waals surface area contributed by atoms with Crippen LogP contribution in [0.3, 0.4) is 0 Å². The first-order chi connectivity index (χ1) is 18.2. The van der Waals surface area contributed by atoms with Crippen molar-refractivity contribution >= 4 is 34.4 Å². The van der Waals surface area contributed by atoms with Crippen molar-refractivity contribution in [2.75, 3.05) is 24.2 Å². The topological polar surface area (TPSA) is 97.0 Å². The van der Waals surface area contributed by atoms with E-state index in [1.807, 2.05) is 49.6 Å². The van der Waals surface area contributed by atoms with Crippen molar-refractivity contribution in [2.45, 2.75) is 36.7 Å². The van der Waals surface area contributed by atoms with Crippen LogP contribution in [0.4, 0.5) is 14.6 Å². The molecule has 0 spiro atoms. The van der Waals surface area contributed by atoms with E-state index in [1.54, 1.807) is 41.1 Å². The summed E-state index contributed by atoms with van der Waals surface area (Å²) in [6, 6.07) is 15.4. The summed E-state index contributed by atoms with van der Waals surface area (Å²) in [6.07, 6.45) is 3.90. The molecule has 7 nitrogen and oxygen atoms in total. The molecule has 196 valence electrons. The van der Waals surface area contributed by atoms with E-state index in [9.17, 15) is 13.6 Å². The maximum absolute atomic E-state index is 14.2. The van der Waals surface area contributed by atoms with Crippen LogP contribution in [0, 0.1) is 6.92 Å². The number of hydrogen-bond acceptors (Lipinski definition) is 7. The lowest BCUT2D eigenvalue weighted by Gasteiger charge is -2.37. The molecule has 1 atom stereocenters. The van der Waals surface area contributed by atoms with Gasteiger partial charge in [-0.15, -0.1) is 11.8 Å². The maximum atomic E-state index is 14.2. The summed E-state index contributed by atoms with van der Waals surface area (Å²) in [5, 5.41) is 3.76. The fourth-order valence-electron chi connectivity index (χ4n) is 4.43. The Morgan fingerprint density at radius 3 is 2.76 bits per heavy atom. The van der Waals surface area contributed by atoms with Gasteiger partial charge in [-0.2, -0.15) is 0 Å². The van der Waals surface area contributed by atoms with Crippen LogP contribution in [0.15, 0.2) is 65.7 Å². The number of amides is 1. The van der Waals surface area contributed by atoms with Gasteiger partial charge in [0.25, 0.3) is 11.8 Å². The third-order valence-electron chi connectivity index (χ3n) is 6.71. The highest BCUT2D eigenvalue weighted by Gasteiger charge is 2.42. The zero-order chi connectivity index (χ0) is 26.9. The summed E-state index contributed by atoms with van der Waals surface area (Å²) in [6.45, 7) is 2.22. The fraction of sp³-hybridized carbons (Fsp3) is 0.286. The van der Waals surface area contributed by atoms with Crippen molar-refractivity contribution in [1.29, 1.82) is 0 Å². The number of nitrogens with zero attached hydrogens (tertiary/aromatic N) is 4. The minimum absolute atomic E-state index is 0.172. The van der Waals surface area contributed by atoms with Crippen LogP contribution in [-0.2, 0) is 6.54 Å². The van der Waals surface area contributed by atoms with Crippen molar-refractivity contribution < 1.29 is 13.6 Å². The quantitative estimate of drug-likeness (QED) is 0.342. The maximum Gasteiger partial charge on any atom is 0.280 e. The number of carbonyl (C=O) groups excluding carboxylic acids is 1. The molecule has 1 unspecified atom stereocenters. The highest BCUT2D eigenvalue weighted by atomic mass is 32.2. The van der Waals surface area contributed by atoms with Crippen LogP contribution in [-0.4, -0.2) is 52.2 Å². The predicted octanol–water partition coefficient (Wildman–Crippen LogP) is 4.82. The second kappa shape index (κ2) is 10.6. The fourth-order valence-corrected chi connectivity index (χ4v) is 5.06. The number of hydrogen-bond donors (Lipinski definition) is 2. The number of halogens is 2. The van der Waals surface area contributed by atoms with Gasteiger partial charge < -0.3 is 16.0 Å². The molecule has 1 aliphatic heterocycles. The van der Waals surface area contributed by atoms with Crippen molar-refractivity contribution in [3.8, 4) is 11.4 Å². The van der Waals surface area contributed by atoms with Gasteiger partial charge in [0.05, 0.1) is 41.7 Å². The largest absolute Gasteiger partial charge is 0.350 e. The third-order valence-corrected chi connectivity index (χ3v) is 7.59. The number of piperidine rings is 1. The van der Waals surface area contributed by atoms with Crippen LogP contribution in [0.1, 0.15) is 28.0 Å². The van der Waals surface area contributed by atoms with Crippen LogP contribution in [0.25, 0.3) is 22.3 Å². The summed E-state index contributed by atoms with van der Waals surface area (Å²) < 4.78 is 28.4. The number of nitrogens with two attached hydrogens (primary N) is 1. The molecule has 5 rings (SSSR count). The van der Waals surface area contributed by atoms with E-state index in [1.165, 1.54) is 0 Å². The number of rotatable bonds is 6. The van der Waals surface area contributed by atoms with E-state index in [0.717, 1.165) is 15.8 Å². The van der Waals surface area contributed by atoms with Gasteiger partial charge >= 0.3 is 0 Å². The van der Waals surface area contributed by atoms with Crippen molar-refractivity contribution in [3.63, 3.8) is 0 Å². The van der Waals surface area contributed by atoms with E-state index in [2.05, 4.69) is 15.3 Å². The molecule has 38 heavy (non-hydrogen) atoms. The van der Waals surface area contributed by atoms with Gasteiger partial charge in [-0.3, -0.25) is 9.78 Å². The summed E-state index contributed by atoms with van der Waals surface area (Å²) in [5.74, 6) is -2.67. The number of thioether (sulfide) groups is 1. The summed E-state index contributed by atoms with van der Waals surface area (Å²) >= 11 is 1.60. The highest BCUT2D eigenvalue weighted by molar-refractivity contribution is 7.98. The number of fused-ring (bicyclic) bond motifs is 1. The number of aryl methyl sites for hydroxylation is 1. The summed E-state index contributed by atoms with van der Waals surface area (Å²) in [4.78, 5) is 29.1. The lowest BCUT2D eigenvalue weighted by molar-refractivity contribution is -0.0301. The number of aromatic nitrogens is 3. The molecule has 0 aliphatic carbocycles. The Morgan fingerprint density at radius 2 is 1.97 bits per heavy atom. The zero-order valence-corrected chi connectivity index (χ0v) is 21.9. The Balaban J connectivity index is 1.33. The molecule has 10 heteroatoms. The molecule has 1 amide bonds. The molecule has 1 fully saturated rings. The molecule has 4 aromatic rings. The lowest BCUT2D eigenvalue weighted by Crippen LogP contribution is -2.55. The smallest absolute Gasteiger partial charge is 0.280 e. The van der Waals surface area contributed by atoms with E-state index in [-0.39, 0.29) is 18.9 Å². The zero-order valence-electron chi connectivity index (χ0n) is 21.1. The van der Waals surface area contributed by atoms with Gasteiger partial charge in [0.2, 0.25) is 0 Å². The first kappa shape index (κ1) is 26.0. The van der Waals surface area contributed by atoms with Gasteiger partial charge in [0.15, 0.2) is 0 Å². The molecule has 0 bridgehead atoms. The number of benzene rings is 1. The molecular formula is C28H28F2N6OS. The Bertz CT molecular complexity index is 1500. The van der Waals surface area contributed by atoms with E-state index < -0.39 is 18.5 Å². The Hall–Kier alpha value is -3.63. The number of pyridine rings is 3. The van der Waals surface area contributed by atoms with Crippen molar-refractivity contribution in [1.82, 2.24) is 20.3 Å². The molecule has 0 saturated carbocycles. The van der Waals surface area contributed by atoms with E-state index in [0.29, 0.717) is 40.5 Å². The molecule has 1 aromatic carbocycles. The van der Waals surface area contributed by atoms with Crippen molar-refractivity contribution in [2.24, 2.45) is 5.73 Å². The van der Waals surface area contributed by atoms with E-state index in [4.69, 9.17) is 10.7 Å². The van der Waals surface area contributed by atoms with Gasteiger partial charge in [0, 0.05) is 28.6 Å². The SMILES string of the molecule is CSc1cc(C(=O)NCc2cc3nc(-c4cccc(N5CCC(N)C(F)(F)C5)n4)ccc3cn2)ccc1C. The predicted molar refractivity (Wildman–Crippen MR) is 147 cm³/mol. The summed E-state index contributed by atoms with van der Waals surface area (Å²) in [7, 11) is 0. The molecule has 3 N–H and O–H groups in total. The Kier molecular flexibility index (Phi) is 7.27. The van der Waals surface area contributed by atoms with Gasteiger partial charge in [-0.25, -0.2) is 18.7 Å². The van der Waals surface area contributed by atoms with Gasteiger partial charge in [-0.05, 0) is 67.6 Å². The van der Waals surface area contributed by atoms with Gasteiger partial charge in [0.1, 0.15) is 5.82 Å². The van der Waals surface area contributed by atoms with Crippen LogP contribution >= 0.6 is 11.8 Å². The highest BCUT2D eigenvalue weighted by Crippen LogP contribution is 2.30. The van der Waals surface area contributed by atoms with Crippen LogP contribution in [0.5, 0.6) is 0 Å². The summed E-state index contributed by atoms with van der Waals surface area (Å²) in [5.41, 5.74) is 9.88. The second-order valence-corrected chi connectivity index (χ2v) is 10.2. The first-order valence-corrected chi connectivity index (χ1v) is 13.5. The number of carbonyl (C=O) groups is 1. The van der Waals surface area contributed by atoms with Crippen LogP contribution < -0.4 is 16.0 Å². The molecule has 4 heterocycles.